The van der Waals surface area contributed by atoms with Crippen LogP contribution in [0.15, 0.2) is 0 Å². The summed E-state index contributed by atoms with van der Waals surface area (Å²) >= 11 is 5.29. The lowest BCUT2D eigenvalue weighted by Gasteiger charge is -2.28. The molecule has 0 aliphatic carbocycles. The first-order valence-corrected chi connectivity index (χ1v) is 6.39. The molecule has 16 heavy (non-hydrogen) atoms. The number of rotatable bonds is 5. The monoisotopic (exact) mass is 245 g/mol. The van der Waals surface area contributed by atoms with Gasteiger partial charge in [-0.05, 0) is 5.92 Å². The predicted molar refractivity (Wildman–Crippen MR) is 70.4 cm³/mol. The number of morpholine rings is 1. The van der Waals surface area contributed by atoms with Crippen molar-refractivity contribution < 1.29 is 4.74 Å². The highest BCUT2D eigenvalue weighted by Crippen LogP contribution is 2.06. The molecular formula is C11H23N3OS. The Labute approximate surface area is 104 Å². The number of hydrogen-bond donors (Lipinski definition) is 2. The fourth-order valence-corrected chi connectivity index (χ4v) is 1.88. The predicted octanol–water partition coefficient (Wildman–Crippen LogP) is 0.567. The van der Waals surface area contributed by atoms with Gasteiger partial charge in [-0.25, -0.2) is 0 Å². The van der Waals surface area contributed by atoms with E-state index in [4.69, 9.17) is 22.7 Å². The van der Waals surface area contributed by atoms with Gasteiger partial charge in [-0.2, -0.15) is 0 Å². The first-order chi connectivity index (χ1) is 7.65. The van der Waals surface area contributed by atoms with Crippen molar-refractivity contribution in [1.82, 2.24) is 10.2 Å². The van der Waals surface area contributed by atoms with Gasteiger partial charge in [0.2, 0.25) is 0 Å². The zero-order valence-corrected chi connectivity index (χ0v) is 11.1. The van der Waals surface area contributed by atoms with Gasteiger partial charge >= 0.3 is 0 Å². The van der Waals surface area contributed by atoms with Crippen molar-refractivity contribution in [3.05, 3.63) is 0 Å². The minimum Gasteiger partial charge on any atom is -0.379 e. The second-order valence-corrected chi connectivity index (χ2v) is 4.78. The number of nitrogens with two attached hydrogens (primary N) is 1. The zero-order valence-electron chi connectivity index (χ0n) is 10.2. The van der Waals surface area contributed by atoms with E-state index in [1.807, 2.05) is 0 Å². The Morgan fingerprint density at radius 2 is 2.12 bits per heavy atom. The summed E-state index contributed by atoms with van der Waals surface area (Å²) in [6.45, 7) is 8.61. The summed E-state index contributed by atoms with van der Waals surface area (Å²) in [6, 6.07) is -0.0268. The Balaban J connectivity index is 2.23. The smallest absolute Gasteiger partial charge is 0.0936 e. The van der Waals surface area contributed by atoms with E-state index in [-0.39, 0.29) is 6.04 Å². The molecule has 1 fully saturated rings. The summed E-state index contributed by atoms with van der Waals surface area (Å²) in [5, 5.41) is 3.24. The van der Waals surface area contributed by atoms with Crippen molar-refractivity contribution in [1.29, 1.82) is 0 Å². The van der Waals surface area contributed by atoms with Gasteiger partial charge in [0.15, 0.2) is 0 Å². The number of thiocarbonyl (C=S) groups is 1. The van der Waals surface area contributed by atoms with E-state index in [1.54, 1.807) is 0 Å². The summed E-state index contributed by atoms with van der Waals surface area (Å²) in [5.41, 5.74) is 6.04. The Hall–Kier alpha value is -0.230. The van der Waals surface area contributed by atoms with Crippen LogP contribution in [0.2, 0.25) is 0 Å². The molecule has 0 bridgehead atoms. The molecule has 1 aliphatic rings. The molecule has 0 spiro atoms. The molecule has 0 aromatic carbocycles. The topological polar surface area (TPSA) is 50.5 Å². The molecule has 1 unspecified atom stereocenters. The van der Waals surface area contributed by atoms with Crippen LogP contribution in [0.1, 0.15) is 20.3 Å². The standard InChI is InChI=1S/C11H23N3OS/c1-3-9(2)10(12)11(16)13-8-14-4-6-15-7-5-14/h9-10H,3-8,12H2,1-2H3,(H,13,16)/t9?,10-/m0/s1. The third-order valence-electron chi connectivity index (χ3n) is 3.14. The van der Waals surface area contributed by atoms with Crippen LogP contribution in [0.25, 0.3) is 0 Å². The van der Waals surface area contributed by atoms with Crippen molar-refractivity contribution >= 4 is 17.2 Å². The van der Waals surface area contributed by atoms with Crippen molar-refractivity contribution in [2.24, 2.45) is 11.7 Å². The average Bonchev–Trinajstić information content (AvgIpc) is 2.35. The van der Waals surface area contributed by atoms with E-state index in [2.05, 4.69) is 24.1 Å². The maximum atomic E-state index is 6.04. The number of hydrogen-bond acceptors (Lipinski definition) is 4. The first kappa shape index (κ1) is 13.8. The molecule has 0 radical (unpaired) electrons. The largest absolute Gasteiger partial charge is 0.379 e. The van der Waals surface area contributed by atoms with Crippen molar-refractivity contribution in [2.45, 2.75) is 26.3 Å². The minimum atomic E-state index is -0.0268. The van der Waals surface area contributed by atoms with E-state index >= 15 is 0 Å². The molecule has 0 aromatic rings. The molecule has 94 valence electrons. The van der Waals surface area contributed by atoms with E-state index in [0.717, 1.165) is 44.4 Å². The SMILES string of the molecule is CCC(C)[C@H](N)C(=S)NCN1CCOCC1. The van der Waals surface area contributed by atoms with Gasteiger partial charge in [-0.15, -0.1) is 0 Å². The quantitative estimate of drug-likeness (QED) is 0.694. The van der Waals surface area contributed by atoms with Crippen molar-refractivity contribution in [3.63, 3.8) is 0 Å². The molecule has 0 aromatic heterocycles. The highest BCUT2D eigenvalue weighted by molar-refractivity contribution is 7.80. The van der Waals surface area contributed by atoms with Gasteiger partial charge < -0.3 is 15.8 Å². The number of ether oxygens (including phenoxy) is 1. The maximum absolute atomic E-state index is 6.04. The number of nitrogens with one attached hydrogen (secondary N) is 1. The van der Waals surface area contributed by atoms with Gasteiger partial charge in [0.1, 0.15) is 0 Å². The van der Waals surface area contributed by atoms with E-state index in [1.165, 1.54) is 0 Å². The zero-order chi connectivity index (χ0) is 12.0. The van der Waals surface area contributed by atoms with Crippen LogP contribution in [0, 0.1) is 5.92 Å². The minimum absolute atomic E-state index is 0.0268. The molecule has 5 heteroatoms. The number of nitrogens with zero attached hydrogens (tertiary/aromatic N) is 1. The van der Waals surface area contributed by atoms with Crippen LogP contribution < -0.4 is 11.1 Å². The summed E-state index contributed by atoms with van der Waals surface area (Å²) in [4.78, 5) is 3.07. The average molecular weight is 245 g/mol. The molecule has 0 saturated carbocycles. The van der Waals surface area contributed by atoms with Crippen molar-refractivity contribution in [3.8, 4) is 0 Å². The molecule has 3 N–H and O–H groups in total. The lowest BCUT2D eigenvalue weighted by Crippen LogP contribution is -2.49. The third kappa shape index (κ3) is 4.33. The second-order valence-electron chi connectivity index (χ2n) is 4.34. The van der Waals surface area contributed by atoms with E-state index in [0.29, 0.717) is 5.92 Å². The van der Waals surface area contributed by atoms with Crippen LogP contribution in [-0.2, 0) is 4.74 Å². The lowest BCUT2D eigenvalue weighted by atomic mass is 10.0. The van der Waals surface area contributed by atoms with Crippen LogP contribution in [0.5, 0.6) is 0 Å². The second kappa shape index (κ2) is 7.17. The summed E-state index contributed by atoms with van der Waals surface area (Å²) in [5.74, 6) is 0.435. The van der Waals surface area contributed by atoms with Gasteiger partial charge in [0.05, 0.1) is 30.9 Å². The van der Waals surface area contributed by atoms with Crippen LogP contribution in [0.3, 0.4) is 0 Å². The molecule has 1 heterocycles. The van der Waals surface area contributed by atoms with Gasteiger partial charge in [-0.1, -0.05) is 32.5 Å². The van der Waals surface area contributed by atoms with Crippen molar-refractivity contribution in [2.75, 3.05) is 33.0 Å². The molecule has 0 amide bonds. The molecule has 1 saturated heterocycles. The molecular weight excluding hydrogens is 222 g/mol. The Morgan fingerprint density at radius 1 is 1.50 bits per heavy atom. The Bertz CT molecular complexity index is 219. The molecule has 1 aliphatic heterocycles. The summed E-state index contributed by atoms with van der Waals surface area (Å²) in [7, 11) is 0. The fourth-order valence-electron chi connectivity index (χ4n) is 1.58. The molecule has 4 nitrogen and oxygen atoms in total. The van der Waals surface area contributed by atoms with Gasteiger partial charge in [0.25, 0.3) is 0 Å². The lowest BCUT2D eigenvalue weighted by molar-refractivity contribution is 0.0366. The highest BCUT2D eigenvalue weighted by Gasteiger charge is 2.17. The molecule has 2 atom stereocenters. The van der Waals surface area contributed by atoms with Crippen LogP contribution in [-0.4, -0.2) is 48.9 Å². The van der Waals surface area contributed by atoms with E-state index in [9.17, 15) is 0 Å². The van der Waals surface area contributed by atoms with E-state index < -0.39 is 0 Å². The van der Waals surface area contributed by atoms with Gasteiger partial charge in [-0.3, -0.25) is 4.90 Å². The third-order valence-corrected chi connectivity index (χ3v) is 3.56. The maximum Gasteiger partial charge on any atom is 0.0936 e. The molecule has 1 rings (SSSR count). The Kier molecular flexibility index (Phi) is 6.20. The summed E-state index contributed by atoms with van der Waals surface area (Å²) < 4.78 is 5.28. The van der Waals surface area contributed by atoms with Gasteiger partial charge in [0, 0.05) is 13.1 Å². The Morgan fingerprint density at radius 3 is 2.69 bits per heavy atom. The first-order valence-electron chi connectivity index (χ1n) is 5.98. The van der Waals surface area contributed by atoms with Crippen LogP contribution >= 0.6 is 12.2 Å². The fraction of sp³-hybridized carbons (Fsp3) is 0.909. The van der Waals surface area contributed by atoms with Crippen LogP contribution in [0.4, 0.5) is 0 Å². The summed E-state index contributed by atoms with van der Waals surface area (Å²) in [6.07, 6.45) is 1.06. The normalized spacial score (nSPS) is 21.4. The highest BCUT2D eigenvalue weighted by atomic mass is 32.1.